The highest BCUT2D eigenvalue weighted by molar-refractivity contribution is 5.94. The number of benzene rings is 1. The summed E-state index contributed by atoms with van der Waals surface area (Å²) in [6, 6.07) is 6.63. The number of phenolic OH excluding ortho intramolecular Hbond substituents is 1. The van der Waals surface area contributed by atoms with Crippen molar-refractivity contribution in [1.82, 2.24) is 5.32 Å². The van der Waals surface area contributed by atoms with Gasteiger partial charge < -0.3 is 14.8 Å². The van der Waals surface area contributed by atoms with Crippen LogP contribution in [0.5, 0.6) is 5.75 Å². The van der Waals surface area contributed by atoms with Gasteiger partial charge in [-0.05, 0) is 30.7 Å². The molecule has 1 amide bonds. The highest BCUT2D eigenvalue weighted by Gasteiger charge is 2.07. The van der Waals surface area contributed by atoms with E-state index in [4.69, 9.17) is 4.42 Å². The number of carbonyl (C=O) groups is 1. The molecule has 17 heavy (non-hydrogen) atoms. The Morgan fingerprint density at radius 2 is 2.24 bits per heavy atom. The van der Waals surface area contributed by atoms with Crippen LogP contribution >= 0.6 is 0 Å². The molecule has 1 heterocycles. The van der Waals surface area contributed by atoms with Gasteiger partial charge in [0.15, 0.2) is 0 Å². The van der Waals surface area contributed by atoms with Crippen molar-refractivity contribution < 1.29 is 14.3 Å². The maximum atomic E-state index is 11.8. The number of carbonyl (C=O) groups excluding carboxylic acids is 1. The molecule has 0 atom stereocenters. The summed E-state index contributed by atoms with van der Waals surface area (Å²) in [4.78, 5) is 11.8. The standard InChI is InChI=1S/C13H13NO3/c1-9-2-3-11(6-12(9)15)13(16)14-7-10-4-5-17-8-10/h2-6,8,15H,7H2,1H3,(H,14,16). The number of hydrogen-bond donors (Lipinski definition) is 2. The molecule has 4 nitrogen and oxygen atoms in total. The normalized spacial score (nSPS) is 10.2. The van der Waals surface area contributed by atoms with Crippen LogP contribution in [0.3, 0.4) is 0 Å². The molecule has 4 heteroatoms. The van der Waals surface area contributed by atoms with Crippen LogP contribution in [0.1, 0.15) is 21.5 Å². The minimum Gasteiger partial charge on any atom is -0.508 e. The number of rotatable bonds is 3. The topological polar surface area (TPSA) is 62.5 Å². The fourth-order valence-electron chi connectivity index (χ4n) is 1.43. The molecule has 0 bridgehead atoms. The maximum absolute atomic E-state index is 11.8. The Morgan fingerprint density at radius 1 is 1.41 bits per heavy atom. The van der Waals surface area contributed by atoms with Crippen molar-refractivity contribution in [2.75, 3.05) is 0 Å². The molecule has 0 fully saturated rings. The van der Waals surface area contributed by atoms with E-state index in [1.807, 2.05) is 0 Å². The van der Waals surface area contributed by atoms with Gasteiger partial charge in [-0.15, -0.1) is 0 Å². The van der Waals surface area contributed by atoms with Crippen molar-refractivity contribution in [3.8, 4) is 5.75 Å². The van der Waals surface area contributed by atoms with E-state index in [0.717, 1.165) is 11.1 Å². The van der Waals surface area contributed by atoms with E-state index in [1.54, 1.807) is 37.6 Å². The monoisotopic (exact) mass is 231 g/mol. The third kappa shape index (κ3) is 2.66. The van der Waals surface area contributed by atoms with E-state index >= 15 is 0 Å². The molecule has 1 aromatic heterocycles. The molecule has 0 unspecified atom stereocenters. The first-order valence-electron chi connectivity index (χ1n) is 5.25. The second kappa shape index (κ2) is 4.74. The van der Waals surface area contributed by atoms with Gasteiger partial charge in [0.25, 0.3) is 5.91 Å². The SMILES string of the molecule is Cc1ccc(C(=O)NCc2ccoc2)cc1O. The molecule has 2 N–H and O–H groups in total. The fraction of sp³-hybridized carbons (Fsp3) is 0.154. The minimum atomic E-state index is -0.221. The number of nitrogens with one attached hydrogen (secondary N) is 1. The molecule has 2 rings (SSSR count). The zero-order valence-electron chi connectivity index (χ0n) is 9.43. The third-order valence-corrected chi connectivity index (χ3v) is 2.50. The van der Waals surface area contributed by atoms with Gasteiger partial charge in [0.2, 0.25) is 0 Å². The van der Waals surface area contributed by atoms with E-state index in [0.29, 0.717) is 12.1 Å². The van der Waals surface area contributed by atoms with Gasteiger partial charge in [-0.3, -0.25) is 4.79 Å². The minimum absolute atomic E-state index is 0.126. The first-order valence-corrected chi connectivity index (χ1v) is 5.25. The predicted octanol–water partition coefficient (Wildman–Crippen LogP) is 2.22. The summed E-state index contributed by atoms with van der Waals surface area (Å²) in [6.45, 7) is 2.19. The summed E-state index contributed by atoms with van der Waals surface area (Å²) in [7, 11) is 0. The Morgan fingerprint density at radius 3 is 2.88 bits per heavy atom. The lowest BCUT2D eigenvalue weighted by Gasteiger charge is -2.05. The summed E-state index contributed by atoms with van der Waals surface area (Å²) in [6.07, 6.45) is 3.13. The van der Waals surface area contributed by atoms with Gasteiger partial charge in [-0.2, -0.15) is 0 Å². The second-order valence-corrected chi connectivity index (χ2v) is 3.82. The van der Waals surface area contributed by atoms with Gasteiger partial charge >= 0.3 is 0 Å². The number of phenols is 1. The van der Waals surface area contributed by atoms with Gasteiger partial charge in [0.1, 0.15) is 5.75 Å². The largest absolute Gasteiger partial charge is 0.508 e. The van der Waals surface area contributed by atoms with Crippen molar-refractivity contribution >= 4 is 5.91 Å². The van der Waals surface area contributed by atoms with E-state index in [-0.39, 0.29) is 11.7 Å². The highest BCUT2D eigenvalue weighted by atomic mass is 16.3. The van der Waals surface area contributed by atoms with E-state index in [9.17, 15) is 9.90 Å². The van der Waals surface area contributed by atoms with Gasteiger partial charge in [-0.1, -0.05) is 6.07 Å². The first kappa shape index (κ1) is 11.3. The van der Waals surface area contributed by atoms with Crippen LogP contribution < -0.4 is 5.32 Å². The number of aromatic hydroxyl groups is 1. The Kier molecular flexibility index (Phi) is 3.14. The molecule has 0 spiro atoms. The molecule has 2 aromatic rings. The first-order chi connectivity index (χ1) is 8.16. The van der Waals surface area contributed by atoms with Crippen LogP contribution in [0.4, 0.5) is 0 Å². The van der Waals surface area contributed by atoms with Crippen molar-refractivity contribution in [3.05, 3.63) is 53.5 Å². The lowest BCUT2D eigenvalue weighted by molar-refractivity contribution is 0.0950. The Hall–Kier alpha value is -2.23. The molecule has 0 radical (unpaired) electrons. The average Bonchev–Trinajstić information content (AvgIpc) is 2.82. The quantitative estimate of drug-likeness (QED) is 0.851. The summed E-state index contributed by atoms with van der Waals surface area (Å²) >= 11 is 0. The number of furan rings is 1. The van der Waals surface area contributed by atoms with Crippen molar-refractivity contribution in [2.24, 2.45) is 0 Å². The number of amides is 1. The van der Waals surface area contributed by atoms with Crippen LogP contribution in [0.2, 0.25) is 0 Å². The van der Waals surface area contributed by atoms with E-state index in [2.05, 4.69) is 5.32 Å². The molecule has 0 aliphatic heterocycles. The molecule has 0 aliphatic carbocycles. The zero-order valence-corrected chi connectivity index (χ0v) is 9.43. The Bertz CT molecular complexity index is 517. The lowest BCUT2D eigenvalue weighted by atomic mass is 10.1. The van der Waals surface area contributed by atoms with Crippen LogP contribution in [0, 0.1) is 6.92 Å². The van der Waals surface area contributed by atoms with Gasteiger partial charge in [0.05, 0.1) is 12.5 Å². The zero-order chi connectivity index (χ0) is 12.3. The van der Waals surface area contributed by atoms with Gasteiger partial charge in [-0.25, -0.2) is 0 Å². The van der Waals surface area contributed by atoms with Crippen LogP contribution in [-0.2, 0) is 6.54 Å². The third-order valence-electron chi connectivity index (χ3n) is 2.50. The summed E-state index contributed by atoms with van der Waals surface area (Å²) in [5.41, 5.74) is 2.09. The van der Waals surface area contributed by atoms with Crippen LogP contribution in [0.15, 0.2) is 41.2 Å². The van der Waals surface area contributed by atoms with Crippen LogP contribution in [0.25, 0.3) is 0 Å². The predicted molar refractivity (Wildman–Crippen MR) is 62.7 cm³/mol. The maximum Gasteiger partial charge on any atom is 0.251 e. The van der Waals surface area contributed by atoms with Crippen LogP contribution in [-0.4, -0.2) is 11.0 Å². The fourth-order valence-corrected chi connectivity index (χ4v) is 1.43. The molecule has 88 valence electrons. The van der Waals surface area contributed by atoms with E-state index < -0.39 is 0 Å². The second-order valence-electron chi connectivity index (χ2n) is 3.82. The lowest BCUT2D eigenvalue weighted by Crippen LogP contribution is -2.22. The summed E-state index contributed by atoms with van der Waals surface area (Å²) in [5.74, 6) is -0.0949. The molecular formula is C13H13NO3. The molecular weight excluding hydrogens is 218 g/mol. The Balaban J connectivity index is 2.02. The van der Waals surface area contributed by atoms with Gasteiger partial charge in [0, 0.05) is 17.7 Å². The highest BCUT2D eigenvalue weighted by Crippen LogP contribution is 2.17. The number of hydrogen-bond acceptors (Lipinski definition) is 3. The number of aryl methyl sites for hydroxylation is 1. The molecule has 0 saturated heterocycles. The average molecular weight is 231 g/mol. The molecule has 0 saturated carbocycles. The Labute approximate surface area is 98.9 Å². The van der Waals surface area contributed by atoms with Crippen molar-refractivity contribution in [3.63, 3.8) is 0 Å². The van der Waals surface area contributed by atoms with Crippen molar-refractivity contribution in [1.29, 1.82) is 0 Å². The van der Waals surface area contributed by atoms with E-state index in [1.165, 1.54) is 6.07 Å². The smallest absolute Gasteiger partial charge is 0.251 e. The van der Waals surface area contributed by atoms with Crippen molar-refractivity contribution in [2.45, 2.75) is 13.5 Å². The summed E-state index contributed by atoms with van der Waals surface area (Å²) in [5, 5.41) is 12.2. The molecule has 1 aromatic carbocycles. The summed E-state index contributed by atoms with van der Waals surface area (Å²) < 4.78 is 4.90. The molecule has 0 aliphatic rings.